The molecule has 1 amide bonds. The first kappa shape index (κ1) is 13.6. The number of nitro benzene ring substituents is 1. The van der Waals surface area contributed by atoms with Crippen LogP contribution < -0.4 is 5.32 Å². The minimum atomic E-state index is -0.462. The van der Waals surface area contributed by atoms with Crippen LogP contribution in [0.3, 0.4) is 0 Å². The van der Waals surface area contributed by atoms with Gasteiger partial charge in [0, 0.05) is 17.3 Å². The fourth-order valence-electron chi connectivity index (χ4n) is 1.71. The van der Waals surface area contributed by atoms with Gasteiger partial charge in [-0.3, -0.25) is 14.9 Å². The molecule has 1 aromatic carbocycles. The number of amides is 1. The van der Waals surface area contributed by atoms with Crippen molar-refractivity contribution in [3.8, 4) is 0 Å². The molecule has 1 aromatic heterocycles. The highest BCUT2D eigenvalue weighted by Gasteiger charge is 2.14. The van der Waals surface area contributed by atoms with E-state index in [1.807, 2.05) is 6.92 Å². The molecule has 104 valence electrons. The lowest BCUT2D eigenvalue weighted by Gasteiger charge is -2.06. The Morgan fingerprint density at radius 2 is 2.30 bits per heavy atom. The van der Waals surface area contributed by atoms with E-state index in [9.17, 15) is 14.9 Å². The van der Waals surface area contributed by atoms with E-state index in [4.69, 9.17) is 0 Å². The van der Waals surface area contributed by atoms with Gasteiger partial charge in [0.25, 0.3) is 5.69 Å². The molecule has 2 rings (SSSR count). The molecule has 0 saturated carbocycles. The summed E-state index contributed by atoms with van der Waals surface area (Å²) in [6.07, 6.45) is 1.86. The predicted molar refractivity (Wildman–Crippen MR) is 68.9 cm³/mol. The second-order valence-corrected chi connectivity index (χ2v) is 4.01. The van der Waals surface area contributed by atoms with Gasteiger partial charge in [-0.05, 0) is 22.9 Å². The monoisotopic (exact) mass is 276 g/mol. The summed E-state index contributed by atoms with van der Waals surface area (Å²) < 4.78 is 1.25. The molecule has 0 aliphatic rings. The molecule has 0 atom stereocenters. The molecule has 0 aliphatic carbocycles. The molecule has 0 bridgehead atoms. The van der Waals surface area contributed by atoms with Gasteiger partial charge >= 0.3 is 0 Å². The molecule has 0 spiro atoms. The number of nitro groups is 1. The van der Waals surface area contributed by atoms with E-state index in [0.717, 1.165) is 0 Å². The number of carbonyl (C=O) groups excluding carboxylic acids is 1. The topological polar surface area (TPSA) is 116 Å². The summed E-state index contributed by atoms with van der Waals surface area (Å²) in [6.45, 7) is 1.77. The number of aromatic nitrogens is 4. The summed E-state index contributed by atoms with van der Waals surface area (Å²) >= 11 is 0. The Morgan fingerprint density at radius 3 is 2.90 bits per heavy atom. The molecule has 9 nitrogen and oxygen atoms in total. The lowest BCUT2D eigenvalue weighted by molar-refractivity contribution is -0.385. The van der Waals surface area contributed by atoms with E-state index in [1.54, 1.807) is 12.1 Å². The number of anilines is 1. The van der Waals surface area contributed by atoms with Gasteiger partial charge in [0.1, 0.15) is 12.9 Å². The molecular formula is C11H12N6O3. The normalized spacial score (nSPS) is 10.2. The first-order valence-corrected chi connectivity index (χ1v) is 5.88. The number of hydrogen-bond donors (Lipinski definition) is 1. The maximum absolute atomic E-state index is 11.7. The van der Waals surface area contributed by atoms with Gasteiger partial charge in [-0.1, -0.05) is 13.0 Å². The van der Waals surface area contributed by atoms with Crippen molar-refractivity contribution in [2.45, 2.75) is 19.9 Å². The molecule has 0 unspecified atom stereocenters. The Bertz CT molecular complexity index is 625. The number of nitrogens with zero attached hydrogens (tertiary/aromatic N) is 5. The molecular weight excluding hydrogens is 264 g/mol. The summed E-state index contributed by atoms with van der Waals surface area (Å²) in [4.78, 5) is 22.2. The van der Waals surface area contributed by atoms with Crippen molar-refractivity contribution < 1.29 is 9.72 Å². The highest BCUT2D eigenvalue weighted by atomic mass is 16.6. The van der Waals surface area contributed by atoms with Crippen LogP contribution in [0.15, 0.2) is 24.5 Å². The Morgan fingerprint density at radius 1 is 1.50 bits per heavy atom. The Labute approximate surface area is 113 Å². The van der Waals surface area contributed by atoms with Crippen LogP contribution in [0, 0.1) is 10.1 Å². The SMILES string of the molecule is CCc1ccc(NC(=O)Cn2cnnn2)cc1[N+](=O)[O-]. The lowest BCUT2D eigenvalue weighted by atomic mass is 10.1. The van der Waals surface area contributed by atoms with Crippen LogP contribution in [-0.4, -0.2) is 31.0 Å². The van der Waals surface area contributed by atoms with Gasteiger partial charge in [0.15, 0.2) is 0 Å². The van der Waals surface area contributed by atoms with Crippen molar-refractivity contribution in [1.29, 1.82) is 0 Å². The number of aryl methyl sites for hydroxylation is 1. The highest BCUT2D eigenvalue weighted by Crippen LogP contribution is 2.23. The van der Waals surface area contributed by atoms with Crippen LogP contribution in [-0.2, 0) is 17.8 Å². The average Bonchev–Trinajstić information content (AvgIpc) is 2.91. The molecule has 1 N–H and O–H groups in total. The van der Waals surface area contributed by atoms with Gasteiger partial charge in [-0.15, -0.1) is 5.10 Å². The van der Waals surface area contributed by atoms with Gasteiger partial charge < -0.3 is 5.32 Å². The van der Waals surface area contributed by atoms with E-state index in [1.165, 1.54) is 17.1 Å². The van der Waals surface area contributed by atoms with Crippen LogP contribution in [0.5, 0.6) is 0 Å². The first-order chi connectivity index (χ1) is 9.60. The van der Waals surface area contributed by atoms with Crippen LogP contribution in [0.1, 0.15) is 12.5 Å². The lowest BCUT2D eigenvalue weighted by Crippen LogP contribution is -2.19. The summed E-state index contributed by atoms with van der Waals surface area (Å²) in [7, 11) is 0. The van der Waals surface area contributed by atoms with Gasteiger partial charge in [0.2, 0.25) is 5.91 Å². The molecule has 0 aliphatic heterocycles. The Hall–Kier alpha value is -2.84. The largest absolute Gasteiger partial charge is 0.324 e. The smallest absolute Gasteiger partial charge is 0.274 e. The minimum absolute atomic E-state index is 0.00674. The van der Waals surface area contributed by atoms with Crippen molar-refractivity contribution in [1.82, 2.24) is 20.2 Å². The zero-order valence-corrected chi connectivity index (χ0v) is 10.7. The zero-order valence-electron chi connectivity index (χ0n) is 10.7. The van der Waals surface area contributed by atoms with E-state index in [2.05, 4.69) is 20.8 Å². The third-order valence-corrected chi connectivity index (χ3v) is 2.64. The maximum Gasteiger partial charge on any atom is 0.274 e. The fraction of sp³-hybridized carbons (Fsp3) is 0.273. The predicted octanol–water partition coefficient (Wildman–Crippen LogP) is 0.782. The molecule has 9 heteroatoms. The highest BCUT2D eigenvalue weighted by molar-refractivity contribution is 5.90. The van der Waals surface area contributed by atoms with E-state index < -0.39 is 4.92 Å². The van der Waals surface area contributed by atoms with Crippen molar-refractivity contribution in [3.05, 3.63) is 40.2 Å². The average molecular weight is 276 g/mol. The molecule has 1 heterocycles. The third-order valence-electron chi connectivity index (χ3n) is 2.64. The van der Waals surface area contributed by atoms with Crippen molar-refractivity contribution >= 4 is 17.3 Å². The quantitative estimate of drug-likeness (QED) is 0.637. The Balaban J connectivity index is 2.11. The number of nitrogens with one attached hydrogen (secondary N) is 1. The van der Waals surface area contributed by atoms with E-state index in [0.29, 0.717) is 17.7 Å². The second-order valence-electron chi connectivity index (χ2n) is 4.01. The minimum Gasteiger partial charge on any atom is -0.324 e. The van der Waals surface area contributed by atoms with Crippen molar-refractivity contribution in [2.75, 3.05) is 5.32 Å². The van der Waals surface area contributed by atoms with Crippen LogP contribution in [0.4, 0.5) is 11.4 Å². The number of tetrazole rings is 1. The van der Waals surface area contributed by atoms with Crippen molar-refractivity contribution in [3.63, 3.8) is 0 Å². The van der Waals surface area contributed by atoms with Crippen molar-refractivity contribution in [2.24, 2.45) is 0 Å². The second kappa shape index (κ2) is 5.87. The standard InChI is InChI=1S/C11H12N6O3/c1-2-8-3-4-9(5-10(8)17(19)20)13-11(18)6-16-7-12-14-15-16/h3-5,7H,2,6H2,1H3,(H,13,18). The molecule has 0 radical (unpaired) electrons. The number of carbonyl (C=O) groups is 1. The Kier molecular flexibility index (Phi) is 3.99. The zero-order chi connectivity index (χ0) is 14.5. The summed E-state index contributed by atoms with van der Waals surface area (Å²) in [5.41, 5.74) is 0.980. The van der Waals surface area contributed by atoms with Gasteiger partial charge in [-0.25, -0.2) is 4.68 Å². The number of benzene rings is 1. The first-order valence-electron chi connectivity index (χ1n) is 5.88. The number of hydrogen-bond acceptors (Lipinski definition) is 6. The number of rotatable bonds is 5. The van der Waals surface area contributed by atoms with Crippen LogP contribution in [0.2, 0.25) is 0 Å². The van der Waals surface area contributed by atoms with E-state index >= 15 is 0 Å². The van der Waals surface area contributed by atoms with Gasteiger partial charge in [0.05, 0.1) is 4.92 Å². The van der Waals surface area contributed by atoms with Crippen LogP contribution >= 0.6 is 0 Å². The van der Waals surface area contributed by atoms with Gasteiger partial charge in [-0.2, -0.15) is 0 Å². The molecule has 0 saturated heterocycles. The fourth-order valence-corrected chi connectivity index (χ4v) is 1.71. The summed E-state index contributed by atoms with van der Waals surface area (Å²) in [6, 6.07) is 4.60. The van der Waals surface area contributed by atoms with Crippen LogP contribution in [0.25, 0.3) is 0 Å². The molecule has 2 aromatic rings. The summed E-state index contributed by atoms with van der Waals surface area (Å²) in [5.74, 6) is -0.365. The maximum atomic E-state index is 11.7. The third kappa shape index (κ3) is 3.13. The summed E-state index contributed by atoms with van der Waals surface area (Å²) in [5, 5.41) is 23.9. The molecule has 20 heavy (non-hydrogen) atoms. The van der Waals surface area contributed by atoms with E-state index in [-0.39, 0.29) is 18.1 Å². The molecule has 0 fully saturated rings.